The van der Waals surface area contributed by atoms with Gasteiger partial charge in [-0.3, -0.25) is 28.8 Å². The van der Waals surface area contributed by atoms with E-state index in [1.54, 1.807) is 94.7 Å². The summed E-state index contributed by atoms with van der Waals surface area (Å²) >= 11 is 3.46. The van der Waals surface area contributed by atoms with Crippen molar-refractivity contribution in [2.75, 3.05) is 33.9 Å². The summed E-state index contributed by atoms with van der Waals surface area (Å²) in [7, 11) is 3.17. The van der Waals surface area contributed by atoms with Gasteiger partial charge >= 0.3 is 36.2 Å². The lowest BCUT2D eigenvalue weighted by Gasteiger charge is -2.30. The molecular weight excluding hydrogens is 2080 g/mol. The molecule has 3 aromatic heterocycles. The zero-order valence-corrected chi connectivity index (χ0v) is 91.6. The number of nitrogens with one attached hydrogen (secondary N) is 6. The van der Waals surface area contributed by atoms with E-state index < -0.39 is 159 Å². The predicted molar refractivity (Wildman–Crippen MR) is 574 cm³/mol. The first-order chi connectivity index (χ1) is 69.6. The molecule has 9 N–H and O–H groups in total. The van der Waals surface area contributed by atoms with Crippen LogP contribution in [-0.4, -0.2) is 266 Å². The van der Waals surface area contributed by atoms with Crippen LogP contribution in [0.3, 0.4) is 0 Å². The van der Waals surface area contributed by atoms with Crippen molar-refractivity contribution in [3.63, 3.8) is 0 Å². The molecule has 9 aliphatic rings. The molecule has 3 aliphatic carbocycles. The van der Waals surface area contributed by atoms with Crippen LogP contribution >= 0.6 is 69.9 Å². The summed E-state index contributed by atoms with van der Waals surface area (Å²) in [5.74, 6) is -4.22. The second kappa shape index (κ2) is 50.5. The second-order valence-electron chi connectivity index (χ2n) is 41.9. The number of hydrogen-bond donors (Lipinski definition) is 9. The van der Waals surface area contributed by atoms with Crippen LogP contribution in [-0.2, 0) is 64.0 Å². The van der Waals surface area contributed by atoms with Gasteiger partial charge in [0.1, 0.15) is 93.5 Å². The van der Waals surface area contributed by atoms with E-state index in [1.807, 2.05) is 115 Å². The third kappa shape index (κ3) is 28.8. The molecule has 0 radical (unpaired) electrons. The normalized spacial score (nSPS) is 26.0. The average Bonchev–Trinajstić information content (AvgIpc) is 1.58. The molecule has 42 nitrogen and oxygen atoms in total. The van der Waals surface area contributed by atoms with Gasteiger partial charge in [-0.2, -0.15) is 68.4 Å². The maximum atomic E-state index is 14.3. The number of tetrazole rings is 3. The number of ether oxygens (including phenoxy) is 6. The first kappa shape index (κ1) is 118. The van der Waals surface area contributed by atoms with Gasteiger partial charge in [0.25, 0.3) is 0 Å². The van der Waals surface area contributed by atoms with Crippen molar-refractivity contribution in [1.82, 2.24) is 107 Å². The highest BCUT2D eigenvalue weighted by Crippen LogP contribution is 2.50. The monoisotopic (exact) mass is 2210 g/mol. The quantitative estimate of drug-likeness (QED) is 0.0302. The summed E-state index contributed by atoms with van der Waals surface area (Å²) in [6.45, 7) is 16.2. The minimum atomic E-state index is -1.44. The molecule has 5 aromatic carbocycles. The SMILES string of the molecule is CC(C)(C)OC(=O)N[C@@H]1CCCCCCC[C@@H]2C[C@]2(C(=O)O)NC(=O)[C@@H]2C[C@H](n3nnc(-c4cccc(OCc5ccccc5)c4)n3)CN2C1=O.COc1ccc(-c2nnn(C3C[C@H]4C(=O)N[C@@]5(C(=O)O)C[C@H]5/C=C\CCCCC[C@@H](NC(=O)OC(C)(C)C)C(=O)N4C3)n2)c2ccccc12.COc1ccc(-c2nnn(C3C[C@H]4C(=O)N[C@@]5(C(=O)O)C[C@H]5/C=C\CCCCC[C@@H](NC(=O)OC(C)(C)C)C(=O)N4C3)n2)cc1Br.S.S.S.S. The molecule has 47 heteroatoms. The van der Waals surface area contributed by atoms with Gasteiger partial charge in [0.15, 0.2) is 0 Å². The van der Waals surface area contributed by atoms with Gasteiger partial charge in [0.2, 0.25) is 52.9 Å². The molecule has 9 amide bonds. The number of alkyl carbamates (subject to hydrolysis) is 3. The molecule has 2 unspecified atom stereocenters. The molecule has 812 valence electrons. The summed E-state index contributed by atoms with van der Waals surface area (Å²) in [6, 6.07) is 26.4. The molecule has 0 bridgehead atoms. The van der Waals surface area contributed by atoms with Crippen LogP contribution in [0.5, 0.6) is 17.2 Å². The lowest BCUT2D eigenvalue weighted by atomic mass is 10.0. The highest BCUT2D eigenvalue weighted by atomic mass is 79.9. The molecule has 8 aromatic rings. The summed E-state index contributed by atoms with van der Waals surface area (Å²) in [6.07, 6.45) is 18.8. The number of carbonyl (C=O) groups excluding carboxylic acids is 9. The number of rotatable bonds is 17. The van der Waals surface area contributed by atoms with Crippen LogP contribution in [0, 0.1) is 17.8 Å². The zero-order valence-electron chi connectivity index (χ0n) is 86.0. The highest BCUT2D eigenvalue weighted by molar-refractivity contribution is 9.10. The van der Waals surface area contributed by atoms with Gasteiger partial charge in [-0.05, 0) is 224 Å². The fraction of sp³-hybridized carbons (Fsp3) is 0.544. The third-order valence-corrected chi connectivity index (χ3v) is 28.4. The number of carboxylic acids is 3. The van der Waals surface area contributed by atoms with E-state index in [1.165, 1.54) is 29.1 Å². The molecule has 9 heterocycles. The van der Waals surface area contributed by atoms with Gasteiger partial charge < -0.3 is 90.3 Å². The standard InChI is InChI=1S/C37H47N7O7.C35H43N7O7.C31H40BrN7O7.4H2S/c1-36(2,3)51-35(49)38-29-18-11-6-4-5-10-16-26-21-37(26,34(47)48)39-32(45)30-20-27(22-43(30)33(29)46)44-41-31(40-42-44)25-15-12-17-28(19-25)50-23-24-13-8-7-9-14-24;1-34(2,3)49-33(47)36-26-15-9-7-5-6-8-12-21-19-35(21,32(45)46)37-30(43)27-18-22(20-41(27)31(26)44)42-39-29(38-40-42)25-16-17-28(48-4)24-14-11-10-13-23(24)25;1-30(2,3)46-29(44)33-22-11-9-7-5-6-8-10-19-16-31(19,28(42)43)34-26(40)23-15-20(17-38(23)27(22)41)39-36-25(35-37-39)18-12-13-24(45-4)21(32)14-18;;;;/h7-9,12-15,17,19,26-27,29-30H,4-6,10-11,16,18,20-23H2,1-3H3,(H,38,49)(H,39,45)(H,47,48);8,10-14,16-17,21-22,26-27H,5-7,9,15,18-20H2,1-4H3,(H,36,47)(H,37,43)(H,45,46);8,10,12-14,19-20,22-23H,5-7,9,11,15-17H2,1-4H3,(H,33,44)(H,34,40)(H,42,43);4*1H2/b;12-8-;10-8-;;;;/t26-,27+,29-,30+,37+;21-,22?,26-,27+,35+;19-,20?,22-,23+,31+;;;;/m111..../s1. The maximum absolute atomic E-state index is 14.3. The van der Waals surface area contributed by atoms with Crippen molar-refractivity contribution in [2.45, 2.75) is 304 Å². The minimum Gasteiger partial charge on any atom is -0.496 e. The Labute approximate surface area is 905 Å². The molecular formula is C103H138BrN21O21S4. The Morgan fingerprint density at radius 3 is 1.25 bits per heavy atom. The number of allylic oxidation sites excluding steroid dienone is 2. The lowest BCUT2D eigenvalue weighted by molar-refractivity contribution is -0.146. The number of halogens is 1. The molecule has 0 spiro atoms. The molecule has 15 atom stereocenters. The largest absolute Gasteiger partial charge is 0.496 e. The Morgan fingerprint density at radius 2 is 0.820 bits per heavy atom. The van der Waals surface area contributed by atoms with Crippen LogP contribution in [0.15, 0.2) is 138 Å². The van der Waals surface area contributed by atoms with Gasteiger partial charge in [-0.25, -0.2) is 28.8 Å². The topological polar surface area (TPSA) is 534 Å². The molecule has 6 aliphatic heterocycles. The molecule has 150 heavy (non-hydrogen) atoms. The number of carbonyl (C=O) groups is 12. The van der Waals surface area contributed by atoms with E-state index >= 15 is 0 Å². The number of amides is 9. The Kier molecular flexibility index (Phi) is 39.6. The summed E-state index contributed by atoms with van der Waals surface area (Å²) in [5, 5.41) is 88.4. The average molecular weight is 2210 g/mol. The van der Waals surface area contributed by atoms with E-state index in [2.05, 4.69) is 94.1 Å². The van der Waals surface area contributed by atoms with Crippen LogP contribution in [0.4, 0.5) is 14.4 Å². The third-order valence-electron chi connectivity index (χ3n) is 27.7. The van der Waals surface area contributed by atoms with E-state index in [0.717, 1.165) is 86.1 Å². The number of nitrogens with zero attached hydrogens (tertiary/aromatic N) is 15. The molecule has 3 saturated carbocycles. The fourth-order valence-corrected chi connectivity index (χ4v) is 20.4. The van der Waals surface area contributed by atoms with Crippen molar-refractivity contribution in [3.8, 4) is 51.4 Å². The van der Waals surface area contributed by atoms with E-state index in [-0.39, 0.29) is 123 Å². The van der Waals surface area contributed by atoms with E-state index in [4.69, 9.17) is 28.4 Å². The fourth-order valence-electron chi connectivity index (χ4n) is 19.9. The molecule has 4 saturated heterocycles. The number of hydrogen-bond acceptors (Lipinski definition) is 27. The van der Waals surface area contributed by atoms with Crippen LogP contribution in [0.25, 0.3) is 44.9 Å². The van der Waals surface area contributed by atoms with Crippen LogP contribution in [0.1, 0.15) is 234 Å². The number of methoxy groups -OCH3 is 2. The molecule has 17 rings (SSSR count). The Hall–Kier alpha value is -12.6. The summed E-state index contributed by atoms with van der Waals surface area (Å²) in [5.41, 5.74) is -3.43. The Balaban J connectivity index is 0.000000211. The van der Waals surface area contributed by atoms with Crippen LogP contribution < -0.4 is 46.1 Å². The van der Waals surface area contributed by atoms with Crippen molar-refractivity contribution >= 4 is 152 Å². The van der Waals surface area contributed by atoms with E-state index in [0.29, 0.717) is 108 Å². The number of carboxylic acid groups (broad SMARTS) is 3. The van der Waals surface area contributed by atoms with Crippen molar-refractivity contribution in [3.05, 3.63) is 144 Å². The smallest absolute Gasteiger partial charge is 0.408 e. The van der Waals surface area contributed by atoms with Gasteiger partial charge in [-0.15, -0.1) is 30.6 Å². The number of benzene rings is 5. The van der Waals surface area contributed by atoms with Gasteiger partial charge in [0, 0.05) is 72.8 Å². The van der Waals surface area contributed by atoms with Crippen molar-refractivity contribution < 1.29 is 101 Å². The number of fused-ring (bicyclic) bond motifs is 7. The first-order valence-electron chi connectivity index (χ1n) is 50.1. The summed E-state index contributed by atoms with van der Waals surface area (Å²) in [4.78, 5) is 169. The van der Waals surface area contributed by atoms with Gasteiger partial charge in [0.05, 0.1) is 36.8 Å². The first-order valence-corrected chi connectivity index (χ1v) is 50.9. The second-order valence-corrected chi connectivity index (χ2v) is 42.7. The highest BCUT2D eigenvalue weighted by Gasteiger charge is 2.65. The summed E-state index contributed by atoms with van der Waals surface area (Å²) < 4.78 is 33.9. The predicted octanol–water partition coefficient (Wildman–Crippen LogP) is 12.8. The van der Waals surface area contributed by atoms with Crippen molar-refractivity contribution in [1.29, 1.82) is 0 Å². The molecule has 7 fully saturated rings. The van der Waals surface area contributed by atoms with Crippen molar-refractivity contribution in [2.24, 2.45) is 17.8 Å². The van der Waals surface area contributed by atoms with Crippen LogP contribution in [0.2, 0.25) is 0 Å². The number of aliphatic carboxylic acids is 3. The Bertz CT molecular complexity index is 6220. The minimum absolute atomic E-state index is 0. The maximum Gasteiger partial charge on any atom is 0.408 e. The zero-order chi connectivity index (χ0) is 104. The van der Waals surface area contributed by atoms with Gasteiger partial charge in [-0.1, -0.05) is 149 Å². The van der Waals surface area contributed by atoms with E-state index in [9.17, 15) is 72.9 Å². The lowest BCUT2D eigenvalue weighted by Crippen LogP contribution is -2.56. The number of aromatic nitrogens is 12. The Morgan fingerprint density at radius 1 is 0.433 bits per heavy atom.